The third-order valence-corrected chi connectivity index (χ3v) is 2.26. The van der Waals surface area contributed by atoms with Crippen LogP contribution in [0.5, 0.6) is 0 Å². The van der Waals surface area contributed by atoms with Crippen LogP contribution < -0.4 is 5.32 Å². The monoisotopic (exact) mass is 169 g/mol. The van der Waals surface area contributed by atoms with Crippen molar-refractivity contribution in [3.63, 3.8) is 0 Å². The second-order valence-electron chi connectivity index (χ2n) is 4.03. The van der Waals surface area contributed by atoms with E-state index in [-0.39, 0.29) is 5.54 Å². The summed E-state index contributed by atoms with van der Waals surface area (Å²) in [6.07, 6.45) is 3.34. The van der Waals surface area contributed by atoms with Crippen LogP contribution in [-0.4, -0.2) is 25.3 Å². The molecule has 0 aromatic carbocycles. The predicted molar refractivity (Wildman–Crippen MR) is 51.3 cm³/mol. The molecule has 1 saturated heterocycles. The van der Waals surface area contributed by atoms with E-state index in [0.29, 0.717) is 0 Å². The maximum atomic E-state index is 5.33. The highest BCUT2D eigenvalue weighted by Crippen LogP contribution is 2.16. The molecule has 1 rings (SSSR count). The summed E-state index contributed by atoms with van der Waals surface area (Å²) in [7, 11) is 0. The highest BCUT2D eigenvalue weighted by atomic mass is 16.5. The van der Waals surface area contributed by atoms with E-state index >= 15 is 0 Å². The molecule has 1 aliphatic heterocycles. The Morgan fingerprint density at radius 1 is 1.58 bits per heavy atom. The molecule has 0 spiro atoms. The smallest absolute Gasteiger partial charge is 0.0646 e. The lowest BCUT2D eigenvalue weighted by atomic mass is 10.0. The van der Waals surface area contributed by atoms with Gasteiger partial charge in [0.15, 0.2) is 0 Å². The van der Waals surface area contributed by atoms with Gasteiger partial charge in [0, 0.05) is 18.7 Å². The van der Waals surface area contributed by atoms with Crippen molar-refractivity contribution in [1.29, 1.82) is 0 Å². The largest absolute Gasteiger partial charge is 0.379 e. The molecule has 1 unspecified atom stereocenters. The SMILES string of the molecule is CC(C)=CCNC1(C)CCOC1. The molecule has 1 N–H and O–H groups in total. The van der Waals surface area contributed by atoms with Crippen LogP contribution in [0, 0.1) is 0 Å². The van der Waals surface area contributed by atoms with Gasteiger partial charge in [-0.2, -0.15) is 0 Å². The first-order valence-corrected chi connectivity index (χ1v) is 4.58. The molecule has 1 atom stereocenters. The molecule has 0 saturated carbocycles. The molecule has 12 heavy (non-hydrogen) atoms. The second-order valence-corrected chi connectivity index (χ2v) is 4.03. The average Bonchev–Trinajstić information content (AvgIpc) is 2.35. The Balaban J connectivity index is 2.26. The summed E-state index contributed by atoms with van der Waals surface area (Å²) in [6, 6.07) is 0. The molecule has 0 aliphatic carbocycles. The Labute approximate surface area is 75.0 Å². The molecule has 0 aromatic rings. The van der Waals surface area contributed by atoms with Gasteiger partial charge >= 0.3 is 0 Å². The van der Waals surface area contributed by atoms with Crippen molar-refractivity contribution in [3.05, 3.63) is 11.6 Å². The van der Waals surface area contributed by atoms with Crippen molar-refractivity contribution in [3.8, 4) is 0 Å². The highest BCUT2D eigenvalue weighted by molar-refractivity contribution is 4.97. The van der Waals surface area contributed by atoms with E-state index < -0.39 is 0 Å². The lowest BCUT2D eigenvalue weighted by Crippen LogP contribution is -2.42. The van der Waals surface area contributed by atoms with E-state index in [9.17, 15) is 0 Å². The Morgan fingerprint density at radius 2 is 2.33 bits per heavy atom. The first-order valence-electron chi connectivity index (χ1n) is 4.58. The van der Waals surface area contributed by atoms with Gasteiger partial charge in [-0.1, -0.05) is 11.6 Å². The minimum atomic E-state index is 0.214. The summed E-state index contributed by atoms with van der Waals surface area (Å²) in [5, 5.41) is 3.49. The Kier molecular flexibility index (Phi) is 3.29. The summed E-state index contributed by atoms with van der Waals surface area (Å²) < 4.78 is 5.33. The number of rotatable bonds is 3. The van der Waals surface area contributed by atoms with E-state index in [2.05, 4.69) is 32.2 Å². The first kappa shape index (κ1) is 9.75. The van der Waals surface area contributed by atoms with Crippen LogP contribution in [0.2, 0.25) is 0 Å². The zero-order valence-electron chi connectivity index (χ0n) is 8.31. The molecule has 0 bridgehead atoms. The molecule has 2 heteroatoms. The van der Waals surface area contributed by atoms with Crippen molar-refractivity contribution in [2.75, 3.05) is 19.8 Å². The molecule has 2 nitrogen and oxygen atoms in total. The van der Waals surface area contributed by atoms with Crippen LogP contribution in [0.15, 0.2) is 11.6 Å². The normalized spacial score (nSPS) is 28.9. The quantitative estimate of drug-likeness (QED) is 0.649. The summed E-state index contributed by atoms with van der Waals surface area (Å²) in [4.78, 5) is 0. The number of hydrogen-bond acceptors (Lipinski definition) is 2. The van der Waals surface area contributed by atoms with Gasteiger partial charge in [0.1, 0.15) is 0 Å². The first-order chi connectivity index (χ1) is 5.62. The summed E-state index contributed by atoms with van der Waals surface area (Å²) in [6.45, 7) is 9.17. The second kappa shape index (κ2) is 4.06. The van der Waals surface area contributed by atoms with Crippen molar-refractivity contribution < 1.29 is 4.74 Å². The van der Waals surface area contributed by atoms with Crippen molar-refractivity contribution >= 4 is 0 Å². The molecular formula is C10H19NO. The van der Waals surface area contributed by atoms with Crippen LogP contribution in [-0.2, 0) is 4.74 Å². The van der Waals surface area contributed by atoms with E-state index in [4.69, 9.17) is 4.74 Å². The van der Waals surface area contributed by atoms with E-state index in [1.165, 1.54) is 5.57 Å². The topological polar surface area (TPSA) is 21.3 Å². The van der Waals surface area contributed by atoms with Crippen LogP contribution in [0.3, 0.4) is 0 Å². The maximum Gasteiger partial charge on any atom is 0.0646 e. The fraction of sp³-hybridized carbons (Fsp3) is 0.800. The van der Waals surface area contributed by atoms with E-state index in [0.717, 1.165) is 26.2 Å². The van der Waals surface area contributed by atoms with Gasteiger partial charge in [-0.3, -0.25) is 0 Å². The van der Waals surface area contributed by atoms with Gasteiger partial charge in [-0.25, -0.2) is 0 Å². The molecular weight excluding hydrogens is 150 g/mol. The Bertz CT molecular complexity index is 165. The maximum absolute atomic E-state index is 5.33. The predicted octanol–water partition coefficient (Wildman–Crippen LogP) is 1.72. The molecule has 0 aromatic heterocycles. The van der Waals surface area contributed by atoms with Gasteiger partial charge in [0.05, 0.1) is 6.61 Å². The molecule has 1 heterocycles. The Hall–Kier alpha value is -0.340. The van der Waals surface area contributed by atoms with Crippen LogP contribution in [0.25, 0.3) is 0 Å². The fourth-order valence-corrected chi connectivity index (χ4v) is 1.31. The Morgan fingerprint density at radius 3 is 2.83 bits per heavy atom. The zero-order chi connectivity index (χ0) is 9.03. The van der Waals surface area contributed by atoms with Crippen LogP contribution >= 0.6 is 0 Å². The number of nitrogens with one attached hydrogen (secondary N) is 1. The molecule has 1 aliphatic rings. The molecule has 1 fully saturated rings. The van der Waals surface area contributed by atoms with Crippen molar-refractivity contribution in [2.45, 2.75) is 32.7 Å². The van der Waals surface area contributed by atoms with Gasteiger partial charge in [0.25, 0.3) is 0 Å². The lowest BCUT2D eigenvalue weighted by molar-refractivity contribution is 0.173. The zero-order valence-corrected chi connectivity index (χ0v) is 8.31. The van der Waals surface area contributed by atoms with E-state index in [1.807, 2.05) is 0 Å². The summed E-state index contributed by atoms with van der Waals surface area (Å²) in [5.74, 6) is 0. The van der Waals surface area contributed by atoms with Crippen LogP contribution in [0.4, 0.5) is 0 Å². The van der Waals surface area contributed by atoms with Crippen LogP contribution in [0.1, 0.15) is 27.2 Å². The molecule has 0 amide bonds. The molecule has 0 radical (unpaired) electrons. The van der Waals surface area contributed by atoms with Gasteiger partial charge < -0.3 is 10.1 Å². The summed E-state index contributed by atoms with van der Waals surface area (Å²) >= 11 is 0. The fourth-order valence-electron chi connectivity index (χ4n) is 1.31. The highest BCUT2D eigenvalue weighted by Gasteiger charge is 2.27. The van der Waals surface area contributed by atoms with Crippen molar-refractivity contribution in [2.24, 2.45) is 0 Å². The minimum Gasteiger partial charge on any atom is -0.379 e. The van der Waals surface area contributed by atoms with Crippen molar-refractivity contribution in [1.82, 2.24) is 5.32 Å². The van der Waals surface area contributed by atoms with Gasteiger partial charge in [0.2, 0.25) is 0 Å². The minimum absolute atomic E-state index is 0.214. The standard InChI is InChI=1S/C10H19NO/c1-9(2)4-6-11-10(3)5-7-12-8-10/h4,11H,5-8H2,1-3H3. The number of allylic oxidation sites excluding steroid dienone is 1. The lowest BCUT2D eigenvalue weighted by Gasteiger charge is -2.22. The van der Waals surface area contributed by atoms with E-state index in [1.54, 1.807) is 0 Å². The molecule has 70 valence electrons. The van der Waals surface area contributed by atoms with Gasteiger partial charge in [-0.05, 0) is 27.2 Å². The van der Waals surface area contributed by atoms with Gasteiger partial charge in [-0.15, -0.1) is 0 Å². The number of ether oxygens (including phenoxy) is 1. The third-order valence-electron chi connectivity index (χ3n) is 2.26. The summed E-state index contributed by atoms with van der Waals surface area (Å²) in [5.41, 5.74) is 1.58. The number of hydrogen-bond donors (Lipinski definition) is 1. The average molecular weight is 169 g/mol. The third kappa shape index (κ3) is 2.95.